The van der Waals surface area contributed by atoms with Gasteiger partial charge in [-0.05, 0) is 60.7 Å². The third kappa shape index (κ3) is 2.94. The van der Waals surface area contributed by atoms with Crippen molar-refractivity contribution in [1.82, 2.24) is 9.55 Å². The molecule has 0 aliphatic carbocycles. The molecule has 5 nitrogen and oxygen atoms in total. The van der Waals surface area contributed by atoms with Gasteiger partial charge in [0.1, 0.15) is 5.75 Å². The van der Waals surface area contributed by atoms with E-state index in [1.54, 1.807) is 66.5 Å². The molecule has 5 heteroatoms. The highest BCUT2D eigenvalue weighted by molar-refractivity contribution is 6.06. The van der Waals surface area contributed by atoms with E-state index in [9.17, 15) is 10.1 Å². The van der Waals surface area contributed by atoms with Gasteiger partial charge in [-0.1, -0.05) is 0 Å². The van der Waals surface area contributed by atoms with Crippen LogP contribution >= 0.6 is 0 Å². The van der Waals surface area contributed by atoms with Gasteiger partial charge in [-0.2, -0.15) is 5.26 Å². The molecule has 0 spiro atoms. The topological polar surface area (TPSA) is 67.9 Å². The highest BCUT2D eigenvalue weighted by Gasteiger charge is 2.18. The molecule has 130 valence electrons. The van der Waals surface area contributed by atoms with E-state index < -0.39 is 0 Å². The first kappa shape index (κ1) is 16.6. The third-order valence-electron chi connectivity index (χ3n) is 4.43. The van der Waals surface area contributed by atoms with Crippen molar-refractivity contribution in [2.24, 2.45) is 0 Å². The van der Waals surface area contributed by atoms with Gasteiger partial charge in [0.05, 0.1) is 30.0 Å². The predicted molar refractivity (Wildman–Crippen MR) is 103 cm³/mol. The van der Waals surface area contributed by atoms with Crippen LogP contribution in [0.15, 0.2) is 73.1 Å². The number of benzene rings is 2. The molecule has 0 saturated heterocycles. The molecule has 27 heavy (non-hydrogen) atoms. The normalized spacial score (nSPS) is 10.5. The van der Waals surface area contributed by atoms with E-state index >= 15 is 0 Å². The molecule has 0 N–H and O–H groups in total. The van der Waals surface area contributed by atoms with E-state index in [1.165, 1.54) is 0 Å². The minimum absolute atomic E-state index is 0.156. The molecular weight excluding hydrogens is 338 g/mol. The lowest BCUT2D eigenvalue weighted by molar-refractivity contribution is 0.0966. The Kier molecular flexibility index (Phi) is 4.15. The van der Waals surface area contributed by atoms with Gasteiger partial charge < -0.3 is 4.74 Å². The maximum absolute atomic E-state index is 13.3. The van der Waals surface area contributed by atoms with Gasteiger partial charge in [0, 0.05) is 28.9 Å². The van der Waals surface area contributed by atoms with E-state index in [0.29, 0.717) is 16.9 Å². The van der Waals surface area contributed by atoms with Crippen LogP contribution in [0.5, 0.6) is 5.75 Å². The SMILES string of the molecule is COc1ccc(C(=O)n2c(-c3cccnc3)cc3cc(C#N)ccc32)cc1. The van der Waals surface area contributed by atoms with Crippen molar-refractivity contribution >= 4 is 16.8 Å². The monoisotopic (exact) mass is 353 g/mol. The van der Waals surface area contributed by atoms with E-state index in [2.05, 4.69) is 11.1 Å². The Morgan fingerprint density at radius 1 is 1.11 bits per heavy atom. The van der Waals surface area contributed by atoms with Crippen LogP contribution < -0.4 is 4.74 Å². The summed E-state index contributed by atoms with van der Waals surface area (Å²) in [5.41, 5.74) is 3.40. The first-order valence-corrected chi connectivity index (χ1v) is 8.36. The molecule has 2 aromatic heterocycles. The minimum Gasteiger partial charge on any atom is -0.497 e. The minimum atomic E-state index is -0.156. The number of aromatic nitrogens is 2. The van der Waals surface area contributed by atoms with Crippen LogP contribution in [0.1, 0.15) is 15.9 Å². The summed E-state index contributed by atoms with van der Waals surface area (Å²) in [4.78, 5) is 17.5. The highest BCUT2D eigenvalue weighted by atomic mass is 16.5. The van der Waals surface area contributed by atoms with E-state index in [-0.39, 0.29) is 5.91 Å². The molecule has 0 atom stereocenters. The number of hydrogen-bond donors (Lipinski definition) is 0. The van der Waals surface area contributed by atoms with Crippen LogP contribution in [0.4, 0.5) is 0 Å². The van der Waals surface area contributed by atoms with E-state index in [0.717, 1.165) is 22.2 Å². The summed E-state index contributed by atoms with van der Waals surface area (Å²) in [5.74, 6) is 0.534. The van der Waals surface area contributed by atoms with Gasteiger partial charge in [0.15, 0.2) is 0 Å². The van der Waals surface area contributed by atoms with Gasteiger partial charge in [0.2, 0.25) is 0 Å². The maximum atomic E-state index is 13.3. The van der Waals surface area contributed by atoms with Crippen molar-refractivity contribution in [2.75, 3.05) is 7.11 Å². The first-order chi connectivity index (χ1) is 13.2. The van der Waals surface area contributed by atoms with Crippen molar-refractivity contribution in [1.29, 1.82) is 5.26 Å². The van der Waals surface area contributed by atoms with E-state index in [1.807, 2.05) is 18.2 Å². The second-order valence-electron chi connectivity index (χ2n) is 6.03. The number of nitrogens with zero attached hydrogens (tertiary/aromatic N) is 3. The summed E-state index contributed by atoms with van der Waals surface area (Å²) in [6, 6.07) is 20.1. The molecule has 2 heterocycles. The molecule has 0 aliphatic rings. The average Bonchev–Trinajstić information content (AvgIpc) is 3.12. The molecule has 2 aromatic carbocycles. The standard InChI is InChI=1S/C22H15N3O2/c1-27-19-7-5-16(6-8-19)22(26)25-20-9-4-15(13-23)11-18(20)12-21(25)17-3-2-10-24-14-17/h2-12,14H,1H3. The van der Waals surface area contributed by atoms with Gasteiger partial charge in [0.25, 0.3) is 5.91 Å². The number of carbonyl (C=O) groups is 1. The number of ether oxygens (including phenoxy) is 1. The van der Waals surface area contributed by atoms with Crippen LogP contribution in [0.3, 0.4) is 0 Å². The first-order valence-electron chi connectivity index (χ1n) is 8.36. The Labute approximate surface area is 156 Å². The second-order valence-corrected chi connectivity index (χ2v) is 6.03. The van der Waals surface area contributed by atoms with Crippen molar-refractivity contribution < 1.29 is 9.53 Å². The summed E-state index contributed by atoms with van der Waals surface area (Å²) in [5, 5.41) is 10.0. The highest BCUT2D eigenvalue weighted by Crippen LogP contribution is 2.29. The molecule has 0 unspecified atom stereocenters. The lowest BCUT2D eigenvalue weighted by Gasteiger charge is -2.10. The Bertz CT molecular complexity index is 1170. The number of methoxy groups -OCH3 is 1. The zero-order chi connectivity index (χ0) is 18.8. The third-order valence-corrected chi connectivity index (χ3v) is 4.43. The summed E-state index contributed by atoms with van der Waals surface area (Å²) >= 11 is 0. The number of hydrogen-bond acceptors (Lipinski definition) is 4. The molecule has 0 fully saturated rings. The number of carbonyl (C=O) groups excluding carboxylic acids is 1. The zero-order valence-corrected chi connectivity index (χ0v) is 14.6. The Balaban J connectivity index is 1.94. The van der Waals surface area contributed by atoms with E-state index in [4.69, 9.17) is 4.74 Å². The van der Waals surface area contributed by atoms with Crippen molar-refractivity contribution in [2.45, 2.75) is 0 Å². The Hall–Kier alpha value is -3.91. The fourth-order valence-electron chi connectivity index (χ4n) is 3.09. The smallest absolute Gasteiger partial charge is 0.262 e. The quantitative estimate of drug-likeness (QED) is 0.551. The Morgan fingerprint density at radius 2 is 1.93 bits per heavy atom. The fraction of sp³-hybridized carbons (Fsp3) is 0.0455. The van der Waals surface area contributed by atoms with Crippen LogP contribution in [0.25, 0.3) is 22.2 Å². The zero-order valence-electron chi connectivity index (χ0n) is 14.6. The molecular formula is C22H15N3O2. The van der Waals surface area contributed by atoms with Crippen LogP contribution in [0.2, 0.25) is 0 Å². The van der Waals surface area contributed by atoms with Crippen molar-refractivity contribution in [3.63, 3.8) is 0 Å². The summed E-state index contributed by atoms with van der Waals surface area (Å²) in [6.45, 7) is 0. The molecule has 0 radical (unpaired) electrons. The molecule has 0 amide bonds. The summed E-state index contributed by atoms with van der Waals surface area (Å²) in [6.07, 6.45) is 3.41. The molecule has 4 rings (SSSR count). The Morgan fingerprint density at radius 3 is 2.59 bits per heavy atom. The van der Waals surface area contributed by atoms with Gasteiger partial charge in [-0.15, -0.1) is 0 Å². The predicted octanol–water partition coefficient (Wildman–Crippen LogP) is 4.27. The molecule has 0 saturated carbocycles. The largest absolute Gasteiger partial charge is 0.497 e. The lowest BCUT2D eigenvalue weighted by Crippen LogP contribution is -2.13. The number of pyridine rings is 1. The van der Waals surface area contributed by atoms with Crippen LogP contribution in [0, 0.1) is 11.3 Å². The average molecular weight is 353 g/mol. The lowest BCUT2D eigenvalue weighted by atomic mass is 10.1. The van der Waals surface area contributed by atoms with Crippen LogP contribution in [-0.4, -0.2) is 22.6 Å². The van der Waals surface area contributed by atoms with Gasteiger partial charge in [-0.25, -0.2) is 0 Å². The molecule has 0 aliphatic heterocycles. The summed E-state index contributed by atoms with van der Waals surface area (Å²) in [7, 11) is 1.59. The van der Waals surface area contributed by atoms with Gasteiger partial charge >= 0.3 is 0 Å². The number of fused-ring (bicyclic) bond motifs is 1. The van der Waals surface area contributed by atoms with Crippen LogP contribution in [-0.2, 0) is 0 Å². The molecule has 4 aromatic rings. The number of nitriles is 1. The fourth-order valence-corrected chi connectivity index (χ4v) is 3.09. The summed E-state index contributed by atoms with van der Waals surface area (Å²) < 4.78 is 6.83. The maximum Gasteiger partial charge on any atom is 0.262 e. The number of rotatable bonds is 3. The van der Waals surface area contributed by atoms with Gasteiger partial charge in [-0.3, -0.25) is 14.3 Å². The molecule has 0 bridgehead atoms. The van der Waals surface area contributed by atoms with Crippen molar-refractivity contribution in [3.8, 4) is 23.1 Å². The van der Waals surface area contributed by atoms with Crippen molar-refractivity contribution in [3.05, 3.63) is 84.2 Å². The second kappa shape index (κ2) is 6.77.